The Morgan fingerprint density at radius 3 is 2.45 bits per heavy atom. The summed E-state index contributed by atoms with van der Waals surface area (Å²) < 4.78 is 12.7. The molecule has 7 heteroatoms. The lowest BCUT2D eigenvalue weighted by Gasteiger charge is -2.18. The first-order valence-corrected chi connectivity index (χ1v) is 6.31. The van der Waals surface area contributed by atoms with E-state index in [0.29, 0.717) is 5.69 Å². The van der Waals surface area contributed by atoms with Crippen LogP contribution >= 0.6 is 0 Å². The number of hydrogen-bond acceptors (Lipinski definition) is 4. The Balaban J connectivity index is 1.90. The first-order chi connectivity index (χ1) is 9.51. The normalized spacial score (nSPS) is 29.2. The molecule has 0 saturated heterocycles. The fourth-order valence-corrected chi connectivity index (χ4v) is 2.32. The molecule has 4 atom stereocenters. The van der Waals surface area contributed by atoms with E-state index in [1.54, 1.807) is 0 Å². The van der Waals surface area contributed by atoms with Crippen LogP contribution in [0.5, 0.6) is 0 Å². The molecule has 0 spiro atoms. The Morgan fingerprint density at radius 1 is 1.25 bits per heavy atom. The largest absolute Gasteiger partial charge is 0.396 e. The second kappa shape index (κ2) is 6.17. The highest BCUT2D eigenvalue weighted by Crippen LogP contribution is 2.26. The highest BCUT2D eigenvalue weighted by atomic mass is 19.1. The van der Waals surface area contributed by atoms with Gasteiger partial charge in [0.1, 0.15) is 11.9 Å². The van der Waals surface area contributed by atoms with Gasteiger partial charge in [-0.3, -0.25) is 0 Å². The number of urea groups is 1. The lowest BCUT2D eigenvalue weighted by molar-refractivity contribution is 0.000965. The standard InChI is InChI=1S/C13H17FN2O4/c14-8-1-3-9(4-2-8)15-13(20)16-10-5-7(6-17)11(18)12(10)19/h1-4,7,10-12,17-19H,5-6H2,(H2,15,16,20)/t7-,10-,11-,12+/m1/s1. The molecular formula is C13H17FN2O4. The summed E-state index contributed by atoms with van der Waals surface area (Å²) in [5.74, 6) is -0.864. The van der Waals surface area contributed by atoms with Crippen molar-refractivity contribution < 1.29 is 24.5 Å². The summed E-state index contributed by atoms with van der Waals surface area (Å²) in [7, 11) is 0. The van der Waals surface area contributed by atoms with Gasteiger partial charge in [-0.25, -0.2) is 9.18 Å². The van der Waals surface area contributed by atoms with Crippen LogP contribution in [0.2, 0.25) is 0 Å². The molecular weight excluding hydrogens is 267 g/mol. The van der Waals surface area contributed by atoms with Gasteiger partial charge >= 0.3 is 6.03 Å². The number of anilines is 1. The Kier molecular flexibility index (Phi) is 4.53. The molecule has 0 aromatic heterocycles. The number of carbonyl (C=O) groups is 1. The smallest absolute Gasteiger partial charge is 0.319 e. The van der Waals surface area contributed by atoms with Gasteiger partial charge in [-0.2, -0.15) is 0 Å². The van der Waals surface area contributed by atoms with Gasteiger partial charge < -0.3 is 26.0 Å². The molecule has 1 aliphatic carbocycles. The van der Waals surface area contributed by atoms with Crippen molar-refractivity contribution in [3.63, 3.8) is 0 Å². The van der Waals surface area contributed by atoms with Crippen LogP contribution in [0, 0.1) is 11.7 Å². The van der Waals surface area contributed by atoms with Crippen molar-refractivity contribution in [3.05, 3.63) is 30.1 Å². The predicted octanol–water partition coefficient (Wildman–Crippen LogP) is 0.0498. The van der Waals surface area contributed by atoms with Crippen LogP contribution in [0.3, 0.4) is 0 Å². The third kappa shape index (κ3) is 3.24. The average molecular weight is 284 g/mol. The molecule has 0 aliphatic heterocycles. The molecule has 1 saturated carbocycles. The molecule has 0 heterocycles. The van der Waals surface area contributed by atoms with Crippen molar-refractivity contribution in [2.75, 3.05) is 11.9 Å². The second-order valence-electron chi connectivity index (χ2n) is 4.87. The molecule has 0 bridgehead atoms. The number of benzene rings is 1. The van der Waals surface area contributed by atoms with Crippen LogP contribution in [0.1, 0.15) is 6.42 Å². The highest BCUT2D eigenvalue weighted by molar-refractivity contribution is 5.89. The lowest BCUT2D eigenvalue weighted by atomic mass is 10.1. The van der Waals surface area contributed by atoms with Gasteiger partial charge in [0.15, 0.2) is 0 Å². The van der Waals surface area contributed by atoms with E-state index < -0.39 is 36.0 Å². The van der Waals surface area contributed by atoms with Crippen LogP contribution in [-0.2, 0) is 0 Å². The Morgan fingerprint density at radius 2 is 1.90 bits per heavy atom. The van der Waals surface area contributed by atoms with Crippen molar-refractivity contribution in [1.82, 2.24) is 5.32 Å². The van der Waals surface area contributed by atoms with Crippen LogP contribution in [0.15, 0.2) is 24.3 Å². The number of aliphatic hydroxyl groups is 3. The van der Waals surface area contributed by atoms with Gasteiger partial charge in [-0.15, -0.1) is 0 Å². The van der Waals surface area contributed by atoms with Gasteiger partial charge in [-0.1, -0.05) is 0 Å². The van der Waals surface area contributed by atoms with Crippen molar-refractivity contribution >= 4 is 11.7 Å². The summed E-state index contributed by atoms with van der Waals surface area (Å²) in [4.78, 5) is 11.7. The summed E-state index contributed by atoms with van der Waals surface area (Å²) in [6, 6.07) is 4.04. The van der Waals surface area contributed by atoms with E-state index in [2.05, 4.69) is 10.6 Å². The maximum absolute atomic E-state index is 12.7. The number of amides is 2. The van der Waals surface area contributed by atoms with Crippen molar-refractivity contribution in [1.29, 1.82) is 0 Å². The van der Waals surface area contributed by atoms with Crippen molar-refractivity contribution in [3.8, 4) is 0 Å². The quantitative estimate of drug-likeness (QED) is 0.541. The zero-order valence-electron chi connectivity index (χ0n) is 10.7. The molecule has 2 amide bonds. The number of rotatable bonds is 3. The first kappa shape index (κ1) is 14.7. The van der Waals surface area contributed by atoms with Crippen LogP contribution in [0.4, 0.5) is 14.9 Å². The summed E-state index contributed by atoms with van der Waals surface area (Å²) >= 11 is 0. The second-order valence-corrected chi connectivity index (χ2v) is 4.87. The van der Waals surface area contributed by atoms with Gasteiger partial charge in [0.2, 0.25) is 0 Å². The topological polar surface area (TPSA) is 102 Å². The molecule has 1 fully saturated rings. The molecule has 110 valence electrons. The average Bonchev–Trinajstić information content (AvgIpc) is 2.69. The van der Waals surface area contributed by atoms with Gasteiger partial charge in [0.05, 0.1) is 12.1 Å². The van der Waals surface area contributed by atoms with Crippen molar-refractivity contribution in [2.24, 2.45) is 5.92 Å². The third-order valence-electron chi connectivity index (χ3n) is 3.45. The van der Waals surface area contributed by atoms with Gasteiger partial charge in [-0.05, 0) is 30.7 Å². The molecule has 1 aromatic carbocycles. The Labute approximate surface area is 115 Å². The third-order valence-corrected chi connectivity index (χ3v) is 3.45. The fraction of sp³-hybridized carbons (Fsp3) is 0.462. The number of aliphatic hydroxyl groups excluding tert-OH is 3. The summed E-state index contributed by atoms with van der Waals surface area (Å²) in [5.41, 5.74) is 0.413. The van der Waals surface area contributed by atoms with E-state index in [9.17, 15) is 19.4 Å². The predicted molar refractivity (Wildman–Crippen MR) is 69.5 cm³/mol. The summed E-state index contributed by atoms with van der Waals surface area (Å²) in [6.45, 7) is -0.254. The monoisotopic (exact) mass is 284 g/mol. The van der Waals surface area contributed by atoms with Crippen LogP contribution in [0.25, 0.3) is 0 Å². The Hall–Kier alpha value is -1.70. The number of nitrogens with one attached hydrogen (secondary N) is 2. The van der Waals surface area contributed by atoms with E-state index in [4.69, 9.17) is 5.11 Å². The number of hydrogen-bond donors (Lipinski definition) is 5. The van der Waals surface area contributed by atoms with Crippen molar-refractivity contribution in [2.45, 2.75) is 24.7 Å². The van der Waals surface area contributed by atoms with Gasteiger partial charge in [0, 0.05) is 18.2 Å². The molecule has 20 heavy (non-hydrogen) atoms. The minimum Gasteiger partial charge on any atom is -0.396 e. The van der Waals surface area contributed by atoms with E-state index in [1.165, 1.54) is 24.3 Å². The lowest BCUT2D eigenvalue weighted by Crippen LogP contribution is -2.44. The molecule has 1 aromatic rings. The zero-order valence-corrected chi connectivity index (χ0v) is 10.7. The van der Waals surface area contributed by atoms with Gasteiger partial charge in [0.25, 0.3) is 0 Å². The minimum atomic E-state index is -1.12. The SMILES string of the molecule is O=C(Nc1ccc(F)cc1)N[C@@H]1C[C@H](CO)[C@@H](O)[C@H]1O. The maximum Gasteiger partial charge on any atom is 0.319 e. The van der Waals surface area contributed by atoms with E-state index in [-0.39, 0.29) is 13.0 Å². The Bertz CT molecular complexity index is 468. The first-order valence-electron chi connectivity index (χ1n) is 6.31. The van der Waals surface area contributed by atoms with Crippen LogP contribution in [-0.4, -0.2) is 46.2 Å². The number of carbonyl (C=O) groups excluding carboxylic acids is 1. The minimum absolute atomic E-state index is 0.254. The molecule has 1 aliphatic rings. The summed E-state index contributed by atoms with van der Waals surface area (Å²) in [5, 5.41) is 33.4. The fourth-order valence-electron chi connectivity index (χ4n) is 2.32. The summed E-state index contributed by atoms with van der Waals surface area (Å²) in [6.07, 6.45) is -1.89. The highest BCUT2D eigenvalue weighted by Gasteiger charge is 2.41. The maximum atomic E-state index is 12.7. The zero-order chi connectivity index (χ0) is 14.7. The number of halogens is 1. The molecule has 5 N–H and O–H groups in total. The molecule has 2 rings (SSSR count). The molecule has 0 radical (unpaired) electrons. The van der Waals surface area contributed by atoms with E-state index in [0.717, 1.165) is 0 Å². The molecule has 0 unspecified atom stereocenters. The molecule has 6 nitrogen and oxygen atoms in total. The van der Waals surface area contributed by atoms with E-state index in [1.807, 2.05) is 0 Å². The van der Waals surface area contributed by atoms with Crippen LogP contribution < -0.4 is 10.6 Å². The van der Waals surface area contributed by atoms with E-state index >= 15 is 0 Å².